The minimum absolute atomic E-state index is 0.0125. The number of hydrogen-bond acceptors (Lipinski definition) is 4. The van der Waals surface area contributed by atoms with Crippen LogP contribution in [0.3, 0.4) is 0 Å². The van der Waals surface area contributed by atoms with Gasteiger partial charge in [-0.2, -0.15) is 4.89 Å². The number of rotatable bonds is 1. The molecule has 1 unspecified atom stereocenters. The van der Waals surface area contributed by atoms with Crippen molar-refractivity contribution in [1.82, 2.24) is 0 Å². The van der Waals surface area contributed by atoms with Gasteiger partial charge >= 0.3 is 0 Å². The number of ether oxygens (including phenoxy) is 1. The Hall–Kier alpha value is -1.23. The summed E-state index contributed by atoms with van der Waals surface area (Å²) in [5, 5.41) is 9.40. The Labute approximate surface area is 120 Å². The zero-order valence-corrected chi connectivity index (χ0v) is 13.0. The van der Waals surface area contributed by atoms with E-state index in [2.05, 4.69) is 13.2 Å². The second kappa shape index (κ2) is 5.64. The first-order valence-corrected chi connectivity index (χ1v) is 6.71. The van der Waals surface area contributed by atoms with Crippen molar-refractivity contribution in [3.63, 3.8) is 0 Å². The molecule has 0 aromatic carbocycles. The average molecular weight is 280 g/mol. The summed E-state index contributed by atoms with van der Waals surface area (Å²) in [6.45, 7) is 15.2. The highest BCUT2D eigenvalue weighted by Crippen LogP contribution is 2.48. The lowest BCUT2D eigenvalue weighted by Crippen LogP contribution is -2.52. The summed E-state index contributed by atoms with van der Waals surface area (Å²) >= 11 is 0. The SMILES string of the molecule is C=C.CC1=C(C)C2(OO)OC(C)(C)CCC2=C(C)C1=O. The number of Topliss-reactive ketones (excluding diaryl/α,β-unsaturated/α-hetero) is 1. The Morgan fingerprint density at radius 1 is 1.20 bits per heavy atom. The smallest absolute Gasteiger partial charge is 0.247 e. The van der Waals surface area contributed by atoms with Gasteiger partial charge in [0.05, 0.1) is 5.60 Å². The van der Waals surface area contributed by atoms with Crippen LogP contribution in [-0.4, -0.2) is 22.4 Å². The molecule has 1 saturated heterocycles. The molecular weight excluding hydrogens is 256 g/mol. The maximum atomic E-state index is 12.1. The molecule has 4 heteroatoms. The van der Waals surface area contributed by atoms with Gasteiger partial charge in [-0.1, -0.05) is 0 Å². The van der Waals surface area contributed by atoms with Gasteiger partial charge in [-0.05, 0) is 53.0 Å². The van der Waals surface area contributed by atoms with Gasteiger partial charge in [0.1, 0.15) is 0 Å². The van der Waals surface area contributed by atoms with E-state index in [0.29, 0.717) is 23.1 Å². The fraction of sp³-hybridized carbons (Fsp3) is 0.562. The van der Waals surface area contributed by atoms with Crippen LogP contribution in [0, 0.1) is 0 Å². The van der Waals surface area contributed by atoms with Crippen LogP contribution in [0.15, 0.2) is 35.5 Å². The third-order valence-electron chi connectivity index (χ3n) is 4.11. The molecule has 0 amide bonds. The molecule has 1 heterocycles. The van der Waals surface area contributed by atoms with Crippen molar-refractivity contribution in [3.05, 3.63) is 35.5 Å². The van der Waals surface area contributed by atoms with E-state index in [9.17, 15) is 10.1 Å². The Bertz CT molecular complexity index is 485. The van der Waals surface area contributed by atoms with E-state index in [4.69, 9.17) is 9.62 Å². The molecule has 1 aliphatic carbocycles. The van der Waals surface area contributed by atoms with Crippen LogP contribution in [0.1, 0.15) is 47.5 Å². The molecule has 112 valence electrons. The van der Waals surface area contributed by atoms with E-state index in [1.807, 2.05) is 13.8 Å². The first kappa shape index (κ1) is 16.8. The molecule has 0 spiro atoms. The third kappa shape index (κ3) is 2.39. The topological polar surface area (TPSA) is 55.8 Å². The number of carbonyl (C=O) groups is 1. The fourth-order valence-electron chi connectivity index (χ4n) is 2.81. The molecule has 1 fully saturated rings. The molecule has 0 aromatic heterocycles. The lowest BCUT2D eigenvalue weighted by atomic mass is 9.76. The molecule has 2 aliphatic rings. The number of fused-ring (bicyclic) bond motifs is 1. The second-order valence-corrected chi connectivity index (χ2v) is 5.75. The van der Waals surface area contributed by atoms with Gasteiger partial charge in [-0.15, -0.1) is 13.2 Å². The minimum Gasteiger partial charge on any atom is -0.335 e. The molecular formula is C16H24O4. The molecule has 1 atom stereocenters. The number of hydrogen-bond donors (Lipinski definition) is 1. The zero-order chi connectivity index (χ0) is 15.7. The van der Waals surface area contributed by atoms with Crippen molar-refractivity contribution in [3.8, 4) is 0 Å². The van der Waals surface area contributed by atoms with Crippen molar-refractivity contribution in [1.29, 1.82) is 0 Å². The van der Waals surface area contributed by atoms with Gasteiger partial charge in [0, 0.05) is 16.7 Å². The van der Waals surface area contributed by atoms with E-state index in [1.165, 1.54) is 0 Å². The van der Waals surface area contributed by atoms with Crippen LogP contribution in [0.5, 0.6) is 0 Å². The summed E-state index contributed by atoms with van der Waals surface area (Å²) in [5.41, 5.74) is 2.21. The second-order valence-electron chi connectivity index (χ2n) is 5.75. The largest absolute Gasteiger partial charge is 0.335 e. The summed E-state index contributed by atoms with van der Waals surface area (Å²) in [6.07, 6.45) is 1.49. The van der Waals surface area contributed by atoms with Crippen molar-refractivity contribution in [2.45, 2.75) is 58.8 Å². The lowest BCUT2D eigenvalue weighted by molar-refractivity contribution is -0.399. The standard InChI is InChI=1S/C14H20O4.C2H4/c1-8-10(3)14(18-16)11(9(2)12(8)15)6-7-13(4,5)17-14;1-2/h16H,6-7H2,1-5H3;1-2H2. The minimum atomic E-state index is -1.27. The number of ketones is 1. The fourth-order valence-corrected chi connectivity index (χ4v) is 2.81. The van der Waals surface area contributed by atoms with Crippen molar-refractivity contribution in [2.24, 2.45) is 0 Å². The van der Waals surface area contributed by atoms with Crippen molar-refractivity contribution < 1.29 is 19.7 Å². The number of allylic oxidation sites excluding steroid dienone is 2. The Morgan fingerprint density at radius 3 is 2.25 bits per heavy atom. The first-order chi connectivity index (χ1) is 9.25. The van der Waals surface area contributed by atoms with Crippen LogP contribution in [-0.2, 0) is 14.4 Å². The average Bonchev–Trinajstić information content (AvgIpc) is 2.44. The molecule has 1 N–H and O–H groups in total. The van der Waals surface area contributed by atoms with Crippen molar-refractivity contribution >= 4 is 5.78 Å². The Balaban J connectivity index is 0.000000956. The monoisotopic (exact) mass is 280 g/mol. The van der Waals surface area contributed by atoms with E-state index in [-0.39, 0.29) is 5.78 Å². The lowest BCUT2D eigenvalue weighted by Gasteiger charge is -2.47. The van der Waals surface area contributed by atoms with Gasteiger partial charge in [-0.3, -0.25) is 4.79 Å². The molecule has 1 aliphatic heterocycles. The summed E-state index contributed by atoms with van der Waals surface area (Å²) < 4.78 is 5.98. The summed E-state index contributed by atoms with van der Waals surface area (Å²) in [6, 6.07) is 0. The van der Waals surface area contributed by atoms with Crippen LogP contribution in [0.4, 0.5) is 0 Å². The zero-order valence-electron chi connectivity index (χ0n) is 13.0. The molecule has 0 saturated carbocycles. The molecule has 2 rings (SSSR count). The van der Waals surface area contributed by atoms with E-state index >= 15 is 0 Å². The highest BCUT2D eigenvalue weighted by atomic mass is 17.1. The molecule has 0 bridgehead atoms. The summed E-state index contributed by atoms with van der Waals surface area (Å²) in [5.74, 6) is -1.26. The number of carbonyl (C=O) groups excluding carboxylic acids is 1. The maximum Gasteiger partial charge on any atom is 0.247 e. The van der Waals surface area contributed by atoms with Gasteiger partial charge < -0.3 is 4.74 Å². The van der Waals surface area contributed by atoms with Crippen molar-refractivity contribution in [2.75, 3.05) is 0 Å². The van der Waals surface area contributed by atoms with Gasteiger partial charge in [0.25, 0.3) is 0 Å². The van der Waals surface area contributed by atoms with E-state index < -0.39 is 11.4 Å². The highest BCUT2D eigenvalue weighted by molar-refractivity contribution is 6.10. The predicted octanol–water partition coefficient (Wildman–Crippen LogP) is 3.80. The predicted molar refractivity (Wildman–Crippen MR) is 78.2 cm³/mol. The van der Waals surface area contributed by atoms with Gasteiger partial charge in [0.2, 0.25) is 5.79 Å². The molecule has 0 radical (unpaired) electrons. The first-order valence-electron chi connectivity index (χ1n) is 6.71. The van der Waals surface area contributed by atoms with Gasteiger partial charge in [0.15, 0.2) is 5.78 Å². The summed E-state index contributed by atoms with van der Waals surface area (Å²) in [7, 11) is 0. The normalized spacial score (nSPS) is 28.8. The Kier molecular flexibility index (Phi) is 4.74. The molecule has 0 aromatic rings. The summed E-state index contributed by atoms with van der Waals surface area (Å²) in [4.78, 5) is 16.8. The molecule has 20 heavy (non-hydrogen) atoms. The van der Waals surface area contributed by atoms with E-state index in [0.717, 1.165) is 12.0 Å². The molecule has 4 nitrogen and oxygen atoms in total. The quantitative estimate of drug-likeness (QED) is 0.451. The maximum absolute atomic E-state index is 12.1. The van der Waals surface area contributed by atoms with Crippen LogP contribution >= 0.6 is 0 Å². The van der Waals surface area contributed by atoms with Gasteiger partial charge in [-0.25, -0.2) is 5.26 Å². The van der Waals surface area contributed by atoms with Crippen LogP contribution in [0.25, 0.3) is 0 Å². The Morgan fingerprint density at radius 2 is 1.75 bits per heavy atom. The van der Waals surface area contributed by atoms with Crippen LogP contribution < -0.4 is 0 Å². The highest BCUT2D eigenvalue weighted by Gasteiger charge is 2.52. The third-order valence-corrected chi connectivity index (χ3v) is 4.11. The van der Waals surface area contributed by atoms with Crippen LogP contribution in [0.2, 0.25) is 0 Å². The van der Waals surface area contributed by atoms with E-state index in [1.54, 1.807) is 20.8 Å².